The zero-order valence-corrected chi connectivity index (χ0v) is 19.5. The molecule has 13 heteroatoms. The molecular formula is C25H21F3N4O6. The van der Waals surface area contributed by atoms with Crippen LogP contribution in [-0.4, -0.2) is 48.0 Å². The maximum absolute atomic E-state index is 15.0. The molecule has 1 saturated heterocycles. The van der Waals surface area contributed by atoms with Gasteiger partial charge in [0.15, 0.2) is 0 Å². The Morgan fingerprint density at radius 3 is 2.50 bits per heavy atom. The number of carbonyl (C=O) groups excluding carboxylic acids is 1. The molecule has 3 aromatic rings. The average Bonchev–Trinajstić information content (AvgIpc) is 3.16. The summed E-state index contributed by atoms with van der Waals surface area (Å²) in [5.74, 6) is -2.22. The molecule has 1 aliphatic heterocycles. The Labute approximate surface area is 213 Å². The van der Waals surface area contributed by atoms with Gasteiger partial charge >= 0.3 is 6.43 Å². The van der Waals surface area contributed by atoms with Crippen LogP contribution in [0.1, 0.15) is 0 Å². The molecule has 1 unspecified atom stereocenters. The van der Waals surface area contributed by atoms with Crippen molar-refractivity contribution in [2.45, 2.75) is 18.9 Å². The Morgan fingerprint density at radius 1 is 1.11 bits per heavy atom. The number of halogens is 3. The van der Waals surface area contributed by atoms with E-state index in [0.717, 1.165) is 6.07 Å². The number of hydrogen-bond acceptors (Lipinski definition) is 8. The second kappa shape index (κ2) is 11.3. The highest BCUT2D eigenvalue weighted by Crippen LogP contribution is 2.29. The number of nitro benzene ring substituents is 1. The molecule has 0 radical (unpaired) electrons. The van der Waals surface area contributed by atoms with Crippen molar-refractivity contribution in [3.05, 3.63) is 92.9 Å². The van der Waals surface area contributed by atoms with Crippen LogP contribution in [0.4, 0.5) is 35.9 Å². The number of amides is 1. The molecule has 0 bridgehead atoms. The van der Waals surface area contributed by atoms with E-state index in [1.165, 1.54) is 59.5 Å². The van der Waals surface area contributed by atoms with Crippen LogP contribution in [0.15, 0.2) is 71.5 Å². The first kappa shape index (κ1) is 26.6. The summed E-state index contributed by atoms with van der Waals surface area (Å²) in [6, 6.07) is 15.6. The maximum atomic E-state index is 15.0. The lowest BCUT2D eigenvalue weighted by Gasteiger charge is -2.21. The highest BCUT2D eigenvalue weighted by molar-refractivity contribution is 5.79. The van der Waals surface area contributed by atoms with Gasteiger partial charge in [-0.2, -0.15) is 8.78 Å². The molecule has 10 nitrogen and oxygen atoms in total. The maximum Gasteiger partial charge on any atom is 0.315 e. The Bertz CT molecular complexity index is 1410. The van der Waals surface area contributed by atoms with E-state index in [9.17, 15) is 33.6 Å². The fourth-order valence-electron chi connectivity index (χ4n) is 3.82. The zero-order chi connectivity index (χ0) is 27.4. The van der Waals surface area contributed by atoms with Gasteiger partial charge in [-0.15, -0.1) is 0 Å². The average molecular weight is 530 g/mol. The Balaban J connectivity index is 1.51. The molecule has 1 aliphatic rings. The van der Waals surface area contributed by atoms with Crippen LogP contribution in [0, 0.1) is 15.9 Å². The number of alkyl halides is 2. The highest BCUT2D eigenvalue weighted by Gasteiger charge is 2.32. The molecule has 1 fully saturated rings. The SMILES string of the molecule is O=C(NC[C@H]1CN(c2ccc(Nc3cc(-c4ccc([N+](=O)[O-])cc4)cccc3=O)c(F)c2)C(O)O1)C(F)F. The molecule has 0 aromatic heterocycles. The van der Waals surface area contributed by atoms with Crippen molar-refractivity contribution in [2.75, 3.05) is 23.3 Å². The van der Waals surface area contributed by atoms with Crippen LogP contribution < -0.4 is 21.0 Å². The Hall–Kier alpha value is -4.49. The van der Waals surface area contributed by atoms with E-state index >= 15 is 4.39 Å². The molecule has 2 atom stereocenters. The number of rotatable bonds is 8. The van der Waals surface area contributed by atoms with E-state index in [1.807, 2.05) is 5.32 Å². The van der Waals surface area contributed by atoms with Gasteiger partial charge in [0, 0.05) is 24.4 Å². The molecular weight excluding hydrogens is 509 g/mol. The van der Waals surface area contributed by atoms with Gasteiger partial charge in [0.25, 0.3) is 11.6 Å². The number of nitro groups is 1. The first-order valence-electron chi connectivity index (χ1n) is 11.2. The summed E-state index contributed by atoms with van der Waals surface area (Å²) < 4.78 is 44.9. The zero-order valence-electron chi connectivity index (χ0n) is 19.5. The van der Waals surface area contributed by atoms with E-state index in [4.69, 9.17) is 4.74 Å². The van der Waals surface area contributed by atoms with E-state index in [-0.39, 0.29) is 35.8 Å². The summed E-state index contributed by atoms with van der Waals surface area (Å²) in [6.07, 6.45) is -5.48. The number of carbonyl (C=O) groups is 1. The number of benzene rings is 2. The molecule has 1 amide bonds. The topological polar surface area (TPSA) is 134 Å². The Kier molecular flexibility index (Phi) is 7.88. The first-order chi connectivity index (χ1) is 18.1. The molecule has 4 rings (SSSR count). The number of non-ortho nitro benzene ring substituents is 1. The van der Waals surface area contributed by atoms with E-state index in [0.29, 0.717) is 11.1 Å². The normalized spacial score (nSPS) is 16.9. The monoisotopic (exact) mass is 530 g/mol. The van der Waals surface area contributed by atoms with Crippen molar-refractivity contribution in [2.24, 2.45) is 0 Å². The number of hydrogen-bond donors (Lipinski definition) is 3. The minimum absolute atomic E-state index is 0.00523. The van der Waals surface area contributed by atoms with Gasteiger partial charge in [0.05, 0.1) is 28.9 Å². The van der Waals surface area contributed by atoms with Crippen molar-refractivity contribution in [3.63, 3.8) is 0 Å². The smallest absolute Gasteiger partial charge is 0.315 e. The standard InChI is InChI=1S/C25H21F3N4O6/c26-19-11-17(31-13-18(38-25(31)35)12-29-24(34)23(27)28)8-9-20(19)30-21-10-15(2-1-3-22(21)33)14-4-6-16(7-5-14)32(36)37/h1-11,18,23,25,35H,12-13H2,(H,29,34)(H,30,33)/t18-,25?/m0/s1. The lowest BCUT2D eigenvalue weighted by atomic mass is 10.1. The van der Waals surface area contributed by atoms with Crippen LogP contribution >= 0.6 is 0 Å². The van der Waals surface area contributed by atoms with Crippen LogP contribution in [0.5, 0.6) is 0 Å². The van der Waals surface area contributed by atoms with Crippen molar-refractivity contribution in [1.82, 2.24) is 5.32 Å². The van der Waals surface area contributed by atoms with Crippen molar-refractivity contribution >= 4 is 28.7 Å². The molecule has 3 N–H and O–H groups in total. The largest absolute Gasteiger partial charge is 0.351 e. The number of ether oxygens (including phenoxy) is 1. The lowest BCUT2D eigenvalue weighted by molar-refractivity contribution is -0.384. The molecule has 198 valence electrons. The second-order valence-electron chi connectivity index (χ2n) is 8.28. The number of aliphatic hydroxyl groups is 1. The summed E-state index contributed by atoms with van der Waals surface area (Å²) in [5.41, 5.74) is 0.874. The second-order valence-corrected chi connectivity index (χ2v) is 8.28. The minimum Gasteiger partial charge on any atom is -0.351 e. The molecule has 1 heterocycles. The predicted molar refractivity (Wildman–Crippen MR) is 132 cm³/mol. The van der Waals surface area contributed by atoms with Gasteiger partial charge in [-0.1, -0.05) is 12.1 Å². The number of nitrogens with one attached hydrogen (secondary N) is 2. The molecule has 0 spiro atoms. The minimum atomic E-state index is -3.18. The van der Waals surface area contributed by atoms with Crippen molar-refractivity contribution in [1.29, 1.82) is 0 Å². The third-order valence-corrected chi connectivity index (χ3v) is 5.74. The number of aliphatic hydroxyl groups excluding tert-OH is 1. The van der Waals surface area contributed by atoms with Crippen LogP contribution in [0.3, 0.4) is 0 Å². The van der Waals surface area contributed by atoms with E-state index in [1.54, 1.807) is 6.07 Å². The molecule has 3 aromatic carbocycles. The van der Waals surface area contributed by atoms with Crippen LogP contribution in [0.2, 0.25) is 0 Å². The number of nitrogens with zero attached hydrogens (tertiary/aromatic N) is 2. The summed E-state index contributed by atoms with van der Waals surface area (Å²) in [7, 11) is 0. The van der Waals surface area contributed by atoms with E-state index in [2.05, 4.69) is 5.32 Å². The molecule has 0 aliphatic carbocycles. The van der Waals surface area contributed by atoms with Crippen molar-refractivity contribution < 1.29 is 32.7 Å². The van der Waals surface area contributed by atoms with Gasteiger partial charge in [0.2, 0.25) is 11.8 Å². The third-order valence-electron chi connectivity index (χ3n) is 5.74. The van der Waals surface area contributed by atoms with Gasteiger partial charge in [-0.05, 0) is 53.6 Å². The van der Waals surface area contributed by atoms with Gasteiger partial charge in [0.1, 0.15) is 5.82 Å². The van der Waals surface area contributed by atoms with Gasteiger partial charge < -0.3 is 25.4 Å². The summed E-state index contributed by atoms with van der Waals surface area (Å²) in [4.78, 5) is 35.3. The van der Waals surface area contributed by atoms with Crippen LogP contribution in [-0.2, 0) is 9.53 Å². The van der Waals surface area contributed by atoms with Gasteiger partial charge in [-0.25, -0.2) is 4.39 Å². The van der Waals surface area contributed by atoms with Crippen LogP contribution in [0.25, 0.3) is 11.1 Å². The third kappa shape index (κ3) is 6.07. The highest BCUT2D eigenvalue weighted by atomic mass is 19.3. The quantitative estimate of drug-likeness (QED) is 0.298. The fraction of sp³-hybridized carbons (Fsp3) is 0.200. The summed E-state index contributed by atoms with van der Waals surface area (Å²) in [5, 5.41) is 25.8. The first-order valence-corrected chi connectivity index (χ1v) is 11.2. The number of anilines is 3. The summed E-state index contributed by atoms with van der Waals surface area (Å²) >= 11 is 0. The Morgan fingerprint density at radius 2 is 1.84 bits per heavy atom. The summed E-state index contributed by atoms with van der Waals surface area (Å²) in [6.45, 7) is -0.276. The fourth-order valence-corrected chi connectivity index (χ4v) is 3.82. The van der Waals surface area contributed by atoms with Crippen molar-refractivity contribution in [3.8, 4) is 11.1 Å². The lowest BCUT2D eigenvalue weighted by Crippen LogP contribution is -2.37. The predicted octanol–water partition coefficient (Wildman–Crippen LogP) is 3.37. The molecule has 0 saturated carbocycles. The van der Waals surface area contributed by atoms with E-state index < -0.39 is 41.0 Å². The molecule has 38 heavy (non-hydrogen) atoms. The van der Waals surface area contributed by atoms with Gasteiger partial charge in [-0.3, -0.25) is 19.7 Å².